The summed E-state index contributed by atoms with van der Waals surface area (Å²) >= 11 is 1.56. The van der Waals surface area contributed by atoms with E-state index < -0.39 is 24.3 Å². The highest BCUT2D eigenvalue weighted by Crippen LogP contribution is 2.39. The molecule has 2 aromatic carbocycles. The minimum atomic E-state index is -4.64. The largest absolute Gasteiger partial charge is 0.446 e. The molecule has 1 aromatic heterocycles. The molecule has 10 heteroatoms. The molecule has 1 aliphatic rings. The van der Waals surface area contributed by atoms with Crippen molar-refractivity contribution in [3.05, 3.63) is 77.0 Å². The molecule has 0 spiro atoms. The Hall–Kier alpha value is -2.97. The first kappa shape index (κ1) is 31.2. The van der Waals surface area contributed by atoms with Crippen molar-refractivity contribution in [2.75, 3.05) is 13.4 Å². The number of terminal acetylenes is 1. The van der Waals surface area contributed by atoms with E-state index in [4.69, 9.17) is 14.6 Å². The van der Waals surface area contributed by atoms with Gasteiger partial charge in [-0.25, -0.2) is 0 Å². The number of rotatable bonds is 7. The molecule has 0 saturated carbocycles. The standard InChI is InChI=1S/C25H27F3N2O3S.C2H2.CH4O/c1-16-12-19(31)14-22(32-16)33-24-21(13-17-8-10-20(34-2)11-9-17)23(25(26,27)28)30(29-24)15-18-6-4-3-5-7-18;2*1-2/h3-11,16,19,22,31H,12-15H2,1-2H3;1-2H;2H,1H3/t16-,19+,22+;;/m1../s1. The average molecular weight is 551 g/mol. The first-order valence-electron chi connectivity index (χ1n) is 11.8. The maximum Gasteiger partial charge on any atom is 0.433 e. The minimum Gasteiger partial charge on any atom is -0.446 e. The number of aliphatic hydroxyl groups excluding tert-OH is 2. The van der Waals surface area contributed by atoms with Crippen LogP contribution in [0.25, 0.3) is 0 Å². The van der Waals surface area contributed by atoms with E-state index in [1.165, 1.54) is 0 Å². The van der Waals surface area contributed by atoms with E-state index >= 15 is 0 Å². The number of benzene rings is 2. The maximum atomic E-state index is 14.4. The Morgan fingerprint density at radius 2 is 1.68 bits per heavy atom. The summed E-state index contributed by atoms with van der Waals surface area (Å²) in [5, 5.41) is 21.4. The number of aliphatic hydroxyl groups is 2. The van der Waals surface area contributed by atoms with Crippen LogP contribution in [0.4, 0.5) is 13.2 Å². The van der Waals surface area contributed by atoms with Crippen LogP contribution in [-0.2, 0) is 23.9 Å². The van der Waals surface area contributed by atoms with Crippen LogP contribution in [0.3, 0.4) is 0 Å². The molecule has 2 N–H and O–H groups in total. The van der Waals surface area contributed by atoms with Gasteiger partial charge in [-0.3, -0.25) is 4.68 Å². The fourth-order valence-electron chi connectivity index (χ4n) is 4.14. The Bertz CT molecular complexity index is 1120. The molecule has 0 bridgehead atoms. The van der Waals surface area contributed by atoms with Crippen molar-refractivity contribution in [2.24, 2.45) is 0 Å². The van der Waals surface area contributed by atoms with E-state index in [1.807, 2.05) is 36.6 Å². The zero-order chi connectivity index (χ0) is 28.3. The molecule has 1 saturated heterocycles. The topological polar surface area (TPSA) is 76.7 Å². The van der Waals surface area contributed by atoms with E-state index in [-0.39, 0.29) is 36.9 Å². The third kappa shape index (κ3) is 8.53. The van der Waals surface area contributed by atoms with Gasteiger partial charge in [0.1, 0.15) is 5.69 Å². The Morgan fingerprint density at radius 3 is 2.24 bits per heavy atom. The lowest BCUT2D eigenvalue weighted by Gasteiger charge is -2.30. The molecule has 0 radical (unpaired) electrons. The second-order valence-electron chi connectivity index (χ2n) is 8.42. The summed E-state index contributed by atoms with van der Waals surface area (Å²) in [5.41, 5.74) is 0.516. The summed E-state index contributed by atoms with van der Waals surface area (Å²) < 4.78 is 55.6. The fourth-order valence-corrected chi connectivity index (χ4v) is 4.55. The molecule has 0 unspecified atom stereocenters. The lowest BCUT2D eigenvalue weighted by atomic mass is 10.0. The van der Waals surface area contributed by atoms with Crippen LogP contribution in [0.2, 0.25) is 0 Å². The van der Waals surface area contributed by atoms with Gasteiger partial charge in [0.05, 0.1) is 24.3 Å². The summed E-state index contributed by atoms with van der Waals surface area (Å²) in [4.78, 5) is 1.02. The predicted molar refractivity (Wildman–Crippen MR) is 142 cm³/mol. The van der Waals surface area contributed by atoms with Crippen molar-refractivity contribution in [1.29, 1.82) is 0 Å². The molecule has 0 aliphatic carbocycles. The van der Waals surface area contributed by atoms with Gasteiger partial charge >= 0.3 is 6.18 Å². The summed E-state index contributed by atoms with van der Waals surface area (Å²) in [5.74, 6) is -0.122. The Morgan fingerprint density at radius 1 is 1.05 bits per heavy atom. The van der Waals surface area contributed by atoms with Crippen molar-refractivity contribution in [2.45, 2.75) is 62.3 Å². The van der Waals surface area contributed by atoms with Gasteiger partial charge in [-0.05, 0) is 42.9 Å². The van der Waals surface area contributed by atoms with Crippen molar-refractivity contribution in [1.82, 2.24) is 9.78 Å². The Kier molecular flexibility index (Phi) is 12.2. The maximum absolute atomic E-state index is 14.4. The number of hydrogen-bond acceptors (Lipinski definition) is 6. The predicted octanol–water partition coefficient (Wildman–Crippen LogP) is 5.39. The third-order valence-corrected chi connectivity index (χ3v) is 6.44. The summed E-state index contributed by atoms with van der Waals surface area (Å²) in [6.07, 6.45) is 4.11. The van der Waals surface area contributed by atoms with Crippen molar-refractivity contribution in [3.8, 4) is 18.7 Å². The van der Waals surface area contributed by atoms with Crippen LogP contribution in [0, 0.1) is 12.8 Å². The molecule has 4 rings (SSSR count). The van der Waals surface area contributed by atoms with Crippen molar-refractivity contribution >= 4 is 11.8 Å². The molecule has 1 fully saturated rings. The Labute approximate surface area is 225 Å². The molecule has 3 aromatic rings. The van der Waals surface area contributed by atoms with Crippen molar-refractivity contribution in [3.63, 3.8) is 0 Å². The van der Waals surface area contributed by atoms with Crippen LogP contribution in [0.5, 0.6) is 5.88 Å². The molecule has 6 nitrogen and oxygen atoms in total. The quantitative estimate of drug-likeness (QED) is 0.304. The number of halogens is 3. The number of nitrogens with zero attached hydrogens (tertiary/aromatic N) is 2. The van der Waals surface area contributed by atoms with Crippen LogP contribution in [0.1, 0.15) is 42.1 Å². The van der Waals surface area contributed by atoms with E-state index in [2.05, 4.69) is 17.9 Å². The number of alkyl halides is 3. The summed E-state index contributed by atoms with van der Waals surface area (Å²) in [6, 6.07) is 16.3. The van der Waals surface area contributed by atoms with Gasteiger partial charge in [0, 0.05) is 24.8 Å². The van der Waals surface area contributed by atoms with Gasteiger partial charge < -0.3 is 19.7 Å². The van der Waals surface area contributed by atoms with E-state index in [0.29, 0.717) is 17.5 Å². The Balaban J connectivity index is 0.00000121. The van der Waals surface area contributed by atoms with Gasteiger partial charge in [-0.2, -0.15) is 13.2 Å². The molecule has 2 heterocycles. The molecular formula is C28H33F3N2O4S. The van der Waals surface area contributed by atoms with Gasteiger partial charge in [0.25, 0.3) is 0 Å². The summed E-state index contributed by atoms with van der Waals surface area (Å²) in [6.45, 7) is 1.74. The monoisotopic (exact) mass is 550 g/mol. The first-order valence-corrected chi connectivity index (χ1v) is 13.1. The number of aromatic nitrogens is 2. The number of hydrogen-bond donors (Lipinski definition) is 2. The van der Waals surface area contributed by atoms with Gasteiger partial charge in [0.2, 0.25) is 12.2 Å². The second kappa shape index (κ2) is 14.8. The van der Waals surface area contributed by atoms with Crippen LogP contribution in [0.15, 0.2) is 59.5 Å². The highest BCUT2D eigenvalue weighted by atomic mass is 32.2. The van der Waals surface area contributed by atoms with Crippen LogP contribution in [-0.4, -0.2) is 51.9 Å². The molecule has 206 valence electrons. The lowest BCUT2D eigenvalue weighted by molar-refractivity contribution is -0.171. The SMILES string of the molecule is C#C.CO.CSc1ccc(Cc2c(O[C@H]3C[C@@H](O)C[C@@H](C)O3)nn(Cc3ccccc3)c2C(F)(F)F)cc1. The number of thioether (sulfide) groups is 1. The molecule has 3 atom stereocenters. The average Bonchev–Trinajstić information content (AvgIpc) is 3.23. The summed E-state index contributed by atoms with van der Waals surface area (Å²) in [7, 11) is 1.00. The molecule has 0 amide bonds. The van der Waals surface area contributed by atoms with E-state index in [1.54, 1.807) is 43.0 Å². The van der Waals surface area contributed by atoms with Gasteiger partial charge in [0.15, 0.2) is 0 Å². The normalized spacial score (nSPS) is 18.9. The minimum absolute atomic E-state index is 0.00153. The zero-order valence-electron chi connectivity index (χ0n) is 21.6. The van der Waals surface area contributed by atoms with Gasteiger partial charge in [-0.15, -0.1) is 29.7 Å². The van der Waals surface area contributed by atoms with E-state index in [9.17, 15) is 18.3 Å². The zero-order valence-corrected chi connectivity index (χ0v) is 22.4. The fraction of sp³-hybridized carbons (Fsp3) is 0.393. The third-order valence-electron chi connectivity index (χ3n) is 5.69. The van der Waals surface area contributed by atoms with Crippen molar-refractivity contribution < 1.29 is 32.9 Å². The lowest BCUT2D eigenvalue weighted by Crippen LogP contribution is -2.37. The van der Waals surface area contributed by atoms with Crippen LogP contribution >= 0.6 is 11.8 Å². The smallest absolute Gasteiger partial charge is 0.433 e. The highest BCUT2D eigenvalue weighted by Gasteiger charge is 2.41. The number of ether oxygens (including phenoxy) is 2. The van der Waals surface area contributed by atoms with E-state index in [0.717, 1.165) is 16.7 Å². The second-order valence-corrected chi connectivity index (χ2v) is 9.30. The molecule has 1 aliphatic heterocycles. The van der Waals surface area contributed by atoms with Gasteiger partial charge in [-0.1, -0.05) is 42.5 Å². The molecular weight excluding hydrogens is 517 g/mol. The highest BCUT2D eigenvalue weighted by molar-refractivity contribution is 7.98. The first-order chi connectivity index (χ1) is 18.2. The molecule has 38 heavy (non-hydrogen) atoms. The van der Waals surface area contributed by atoms with Crippen LogP contribution < -0.4 is 4.74 Å².